The van der Waals surface area contributed by atoms with E-state index in [-0.39, 0.29) is 5.82 Å². The molecule has 0 N–H and O–H groups in total. The van der Waals surface area contributed by atoms with Gasteiger partial charge in [0.2, 0.25) is 0 Å². The number of hydrogen-bond acceptors (Lipinski definition) is 2. The molecule has 0 atom stereocenters. The van der Waals surface area contributed by atoms with Crippen LogP contribution in [-0.2, 0) is 0 Å². The van der Waals surface area contributed by atoms with Crippen LogP contribution in [0.4, 0.5) is 4.39 Å². The summed E-state index contributed by atoms with van der Waals surface area (Å²) in [6, 6.07) is 4.30. The van der Waals surface area contributed by atoms with Gasteiger partial charge in [-0.1, -0.05) is 6.58 Å². The fourth-order valence-corrected chi connectivity index (χ4v) is 1.27. The average Bonchev–Trinajstić information content (AvgIpc) is 2.19. The van der Waals surface area contributed by atoms with Gasteiger partial charge in [-0.05, 0) is 33.6 Å². The summed E-state index contributed by atoms with van der Waals surface area (Å²) in [5, 5.41) is 0. The van der Waals surface area contributed by atoms with E-state index in [9.17, 15) is 4.39 Å². The minimum Gasteiger partial charge on any atom is -0.488 e. The average molecular weight is 277 g/mol. The van der Waals surface area contributed by atoms with E-state index in [4.69, 9.17) is 4.74 Å². The van der Waals surface area contributed by atoms with E-state index in [2.05, 4.69) is 35.1 Å². The molecule has 1 rings (SSSR count). The standard InChI is InChI=1S/C10H10BrFOS/c1-7(6-14)5-13-10-4-8(12)2-3-9(10)11/h2-4,14H,1,5-6H2. The summed E-state index contributed by atoms with van der Waals surface area (Å²) < 4.78 is 18.9. The lowest BCUT2D eigenvalue weighted by molar-refractivity contribution is 0.349. The molecule has 1 nitrogen and oxygen atoms in total. The molecule has 0 unspecified atom stereocenters. The maximum Gasteiger partial charge on any atom is 0.136 e. The number of rotatable bonds is 4. The van der Waals surface area contributed by atoms with Crippen molar-refractivity contribution in [1.82, 2.24) is 0 Å². The van der Waals surface area contributed by atoms with Gasteiger partial charge in [-0.2, -0.15) is 12.6 Å². The van der Waals surface area contributed by atoms with Crippen molar-refractivity contribution in [3.05, 3.63) is 40.6 Å². The highest BCUT2D eigenvalue weighted by atomic mass is 79.9. The van der Waals surface area contributed by atoms with Gasteiger partial charge in [0, 0.05) is 11.8 Å². The van der Waals surface area contributed by atoms with Crippen LogP contribution < -0.4 is 4.74 Å². The second kappa shape index (κ2) is 5.41. The lowest BCUT2D eigenvalue weighted by Crippen LogP contribution is -2.01. The molecule has 0 aliphatic heterocycles. The SMILES string of the molecule is C=C(CS)COc1cc(F)ccc1Br. The third-order valence-electron chi connectivity index (χ3n) is 1.55. The van der Waals surface area contributed by atoms with Gasteiger partial charge in [0.05, 0.1) is 4.47 Å². The highest BCUT2D eigenvalue weighted by Gasteiger charge is 2.03. The molecular formula is C10H10BrFOS. The molecule has 0 fully saturated rings. The van der Waals surface area contributed by atoms with E-state index in [1.165, 1.54) is 12.1 Å². The Balaban J connectivity index is 2.66. The summed E-state index contributed by atoms with van der Waals surface area (Å²) in [4.78, 5) is 0. The molecule has 0 saturated heterocycles. The Bertz CT molecular complexity index is 341. The third kappa shape index (κ3) is 3.35. The summed E-state index contributed by atoms with van der Waals surface area (Å²) in [7, 11) is 0. The van der Waals surface area contributed by atoms with Gasteiger partial charge >= 0.3 is 0 Å². The number of benzene rings is 1. The largest absolute Gasteiger partial charge is 0.488 e. The van der Waals surface area contributed by atoms with Gasteiger partial charge in [0.1, 0.15) is 18.2 Å². The molecule has 0 heterocycles. The van der Waals surface area contributed by atoms with Gasteiger partial charge in [-0.15, -0.1) is 0 Å². The molecule has 0 radical (unpaired) electrons. The van der Waals surface area contributed by atoms with E-state index < -0.39 is 0 Å². The van der Waals surface area contributed by atoms with Crippen molar-refractivity contribution in [3.63, 3.8) is 0 Å². The zero-order chi connectivity index (χ0) is 10.6. The zero-order valence-corrected chi connectivity index (χ0v) is 9.95. The lowest BCUT2D eigenvalue weighted by Gasteiger charge is -2.08. The topological polar surface area (TPSA) is 9.23 Å². The smallest absolute Gasteiger partial charge is 0.136 e. The van der Waals surface area contributed by atoms with Crippen molar-refractivity contribution in [2.75, 3.05) is 12.4 Å². The van der Waals surface area contributed by atoms with Crippen molar-refractivity contribution in [1.29, 1.82) is 0 Å². The van der Waals surface area contributed by atoms with Crippen molar-refractivity contribution >= 4 is 28.6 Å². The molecule has 0 saturated carbocycles. The molecule has 1 aromatic carbocycles. The van der Waals surface area contributed by atoms with Gasteiger partial charge < -0.3 is 4.74 Å². The highest BCUT2D eigenvalue weighted by Crippen LogP contribution is 2.25. The molecule has 0 aliphatic rings. The van der Waals surface area contributed by atoms with Gasteiger partial charge in [-0.25, -0.2) is 4.39 Å². The second-order valence-electron chi connectivity index (χ2n) is 2.77. The van der Waals surface area contributed by atoms with Crippen LogP contribution in [0.1, 0.15) is 0 Å². The normalized spacial score (nSPS) is 9.93. The van der Waals surface area contributed by atoms with E-state index >= 15 is 0 Å². The molecule has 1 aromatic rings. The summed E-state index contributed by atoms with van der Waals surface area (Å²) in [5.74, 6) is 0.722. The van der Waals surface area contributed by atoms with Crippen molar-refractivity contribution in [2.45, 2.75) is 0 Å². The van der Waals surface area contributed by atoms with Crippen molar-refractivity contribution < 1.29 is 9.13 Å². The molecule has 76 valence electrons. The summed E-state index contributed by atoms with van der Waals surface area (Å²) in [6.07, 6.45) is 0. The van der Waals surface area contributed by atoms with Crippen LogP contribution in [0.2, 0.25) is 0 Å². The predicted molar refractivity (Wildman–Crippen MR) is 62.6 cm³/mol. The Kier molecular flexibility index (Phi) is 4.48. The van der Waals surface area contributed by atoms with Crippen molar-refractivity contribution in [3.8, 4) is 5.75 Å². The molecular weight excluding hydrogens is 267 g/mol. The Morgan fingerprint density at radius 2 is 2.29 bits per heavy atom. The minimum atomic E-state index is -0.320. The maximum atomic E-state index is 12.8. The Hall–Kier alpha value is -0.480. The molecule has 0 aromatic heterocycles. The first-order chi connectivity index (χ1) is 6.63. The van der Waals surface area contributed by atoms with Crippen LogP contribution >= 0.6 is 28.6 Å². The monoisotopic (exact) mass is 276 g/mol. The number of ether oxygens (including phenoxy) is 1. The fraction of sp³-hybridized carbons (Fsp3) is 0.200. The second-order valence-corrected chi connectivity index (χ2v) is 3.94. The molecule has 0 bridgehead atoms. The van der Waals surface area contributed by atoms with E-state index in [0.717, 1.165) is 10.0 Å². The van der Waals surface area contributed by atoms with E-state index in [0.29, 0.717) is 18.1 Å². The van der Waals surface area contributed by atoms with Gasteiger partial charge in [0.25, 0.3) is 0 Å². The van der Waals surface area contributed by atoms with Crippen LogP contribution in [0.3, 0.4) is 0 Å². The first kappa shape index (κ1) is 11.6. The number of hydrogen-bond donors (Lipinski definition) is 1. The number of halogens is 2. The van der Waals surface area contributed by atoms with Crippen molar-refractivity contribution in [2.24, 2.45) is 0 Å². The van der Waals surface area contributed by atoms with Gasteiger partial charge in [0.15, 0.2) is 0 Å². The minimum absolute atomic E-state index is 0.320. The summed E-state index contributed by atoms with van der Waals surface area (Å²) >= 11 is 7.30. The lowest BCUT2D eigenvalue weighted by atomic mass is 10.3. The molecule has 0 aliphatic carbocycles. The fourth-order valence-electron chi connectivity index (χ4n) is 0.813. The van der Waals surface area contributed by atoms with Gasteiger partial charge in [-0.3, -0.25) is 0 Å². The third-order valence-corrected chi connectivity index (χ3v) is 2.65. The van der Waals surface area contributed by atoms with E-state index in [1.54, 1.807) is 6.07 Å². The van der Waals surface area contributed by atoms with Crippen LogP contribution in [0.25, 0.3) is 0 Å². The molecule has 0 spiro atoms. The first-order valence-corrected chi connectivity index (χ1v) is 5.41. The molecule has 4 heteroatoms. The van der Waals surface area contributed by atoms with Crippen LogP contribution in [0, 0.1) is 5.82 Å². The first-order valence-electron chi connectivity index (χ1n) is 3.99. The summed E-state index contributed by atoms with van der Waals surface area (Å²) in [6.45, 7) is 4.08. The van der Waals surface area contributed by atoms with Crippen LogP contribution in [0.5, 0.6) is 5.75 Å². The predicted octanol–water partition coefficient (Wildman–Crippen LogP) is 3.45. The zero-order valence-electron chi connectivity index (χ0n) is 7.46. The number of thiol groups is 1. The van der Waals surface area contributed by atoms with Crippen LogP contribution in [0.15, 0.2) is 34.8 Å². The molecule has 0 amide bonds. The summed E-state index contributed by atoms with van der Waals surface area (Å²) in [5.41, 5.74) is 0.851. The quantitative estimate of drug-likeness (QED) is 0.655. The Labute approximate surface area is 96.5 Å². The molecule has 14 heavy (non-hydrogen) atoms. The maximum absolute atomic E-state index is 12.8. The Morgan fingerprint density at radius 3 is 2.93 bits per heavy atom. The van der Waals surface area contributed by atoms with E-state index in [1.807, 2.05) is 0 Å². The van der Waals surface area contributed by atoms with Crippen LogP contribution in [-0.4, -0.2) is 12.4 Å². The highest BCUT2D eigenvalue weighted by molar-refractivity contribution is 9.10. The Morgan fingerprint density at radius 1 is 1.57 bits per heavy atom.